The van der Waals surface area contributed by atoms with E-state index in [1.807, 2.05) is 0 Å². The van der Waals surface area contributed by atoms with Crippen LogP contribution in [0.15, 0.2) is 59.5 Å². The molecule has 1 N–H and O–H groups in total. The molecule has 0 radical (unpaired) electrons. The molecular formula is C15H11FN2O5S. The number of benzene rings is 2. The highest BCUT2D eigenvalue weighted by Crippen LogP contribution is 2.16. The first kappa shape index (κ1) is 17.3. The van der Waals surface area contributed by atoms with Crippen LogP contribution < -0.4 is 5.32 Å². The molecule has 0 fully saturated rings. The highest BCUT2D eigenvalue weighted by molar-refractivity contribution is 7.86. The Morgan fingerprint density at radius 2 is 1.83 bits per heavy atom. The molecule has 0 atom stereocenters. The van der Waals surface area contributed by atoms with Gasteiger partial charge in [0.05, 0.1) is 9.82 Å². The van der Waals surface area contributed by atoms with Crippen LogP contribution >= 0.6 is 0 Å². The third kappa shape index (κ3) is 4.71. The van der Waals surface area contributed by atoms with Gasteiger partial charge in [-0.15, -0.1) is 3.89 Å². The number of halogens is 1. The first-order valence-corrected chi connectivity index (χ1v) is 7.92. The predicted octanol–water partition coefficient (Wildman–Crippen LogP) is 2.90. The topological polar surface area (TPSA) is 106 Å². The maximum Gasteiger partial charge on any atom is 0.332 e. The van der Waals surface area contributed by atoms with E-state index in [4.69, 9.17) is 0 Å². The standard InChI is InChI=1S/C15H11FN2O5S/c16-24(22,23)14-7-5-12(6-8-14)17-15(19)9-4-11-2-1-3-13(10-11)18(20)21/h1-10H,(H,17,19)/b9-4-. The van der Waals surface area contributed by atoms with Gasteiger partial charge in [-0.2, -0.15) is 8.42 Å². The quantitative estimate of drug-likeness (QED) is 0.386. The van der Waals surface area contributed by atoms with Crippen molar-refractivity contribution in [1.82, 2.24) is 0 Å². The predicted molar refractivity (Wildman–Crippen MR) is 85.5 cm³/mol. The number of hydrogen-bond donors (Lipinski definition) is 1. The second-order valence-corrected chi connectivity index (χ2v) is 5.98. The molecule has 0 saturated heterocycles. The van der Waals surface area contributed by atoms with E-state index < -0.39 is 25.9 Å². The third-order valence-electron chi connectivity index (χ3n) is 2.91. The van der Waals surface area contributed by atoms with Crippen LogP contribution in [-0.4, -0.2) is 19.2 Å². The normalized spacial score (nSPS) is 11.4. The average molecular weight is 350 g/mol. The Hall–Kier alpha value is -3.07. The van der Waals surface area contributed by atoms with Crippen LogP contribution in [0.1, 0.15) is 5.56 Å². The SMILES string of the molecule is O=C(/C=C\c1cccc([N+](=O)[O-])c1)Nc1ccc(S(=O)(=O)F)cc1. The van der Waals surface area contributed by atoms with E-state index in [2.05, 4.69) is 5.32 Å². The Kier molecular flexibility index (Phi) is 5.05. The second kappa shape index (κ2) is 7.01. The number of nitrogens with zero attached hydrogens (tertiary/aromatic N) is 1. The molecule has 2 aromatic rings. The molecule has 2 rings (SSSR count). The first-order valence-electron chi connectivity index (χ1n) is 6.54. The summed E-state index contributed by atoms with van der Waals surface area (Å²) in [6.07, 6.45) is 2.56. The zero-order valence-corrected chi connectivity index (χ0v) is 12.9. The lowest BCUT2D eigenvalue weighted by Gasteiger charge is -2.02. The van der Waals surface area contributed by atoms with Gasteiger partial charge >= 0.3 is 10.2 Å². The van der Waals surface area contributed by atoms with Crippen molar-refractivity contribution in [3.63, 3.8) is 0 Å². The van der Waals surface area contributed by atoms with E-state index in [0.717, 1.165) is 12.1 Å². The van der Waals surface area contributed by atoms with Crippen molar-refractivity contribution >= 4 is 33.6 Å². The zero-order valence-electron chi connectivity index (χ0n) is 12.0. The minimum absolute atomic E-state index is 0.0967. The van der Waals surface area contributed by atoms with Gasteiger partial charge in [0.2, 0.25) is 5.91 Å². The molecule has 2 aromatic carbocycles. The fourth-order valence-corrected chi connectivity index (χ4v) is 2.26. The van der Waals surface area contributed by atoms with Crippen LogP contribution in [0.3, 0.4) is 0 Å². The van der Waals surface area contributed by atoms with Crippen molar-refractivity contribution in [1.29, 1.82) is 0 Å². The molecule has 0 aromatic heterocycles. The van der Waals surface area contributed by atoms with E-state index >= 15 is 0 Å². The van der Waals surface area contributed by atoms with Gasteiger partial charge in [0.1, 0.15) is 0 Å². The van der Waals surface area contributed by atoms with Crippen LogP contribution in [0, 0.1) is 10.1 Å². The monoisotopic (exact) mass is 350 g/mol. The molecule has 0 aliphatic rings. The molecule has 0 unspecified atom stereocenters. The number of nitro groups is 1. The van der Waals surface area contributed by atoms with Gasteiger partial charge in [-0.05, 0) is 35.9 Å². The molecule has 124 valence electrons. The summed E-state index contributed by atoms with van der Waals surface area (Å²) in [5.74, 6) is -0.530. The van der Waals surface area contributed by atoms with Crippen molar-refractivity contribution in [2.45, 2.75) is 4.90 Å². The van der Waals surface area contributed by atoms with Crippen molar-refractivity contribution in [2.24, 2.45) is 0 Å². The average Bonchev–Trinajstić information content (AvgIpc) is 2.53. The van der Waals surface area contributed by atoms with Crippen LogP contribution in [0.4, 0.5) is 15.3 Å². The number of nitro benzene ring substituents is 1. The maximum atomic E-state index is 12.7. The highest BCUT2D eigenvalue weighted by atomic mass is 32.3. The van der Waals surface area contributed by atoms with Crippen molar-refractivity contribution < 1.29 is 22.0 Å². The van der Waals surface area contributed by atoms with E-state index in [1.165, 1.54) is 42.5 Å². The fourth-order valence-electron chi connectivity index (χ4n) is 1.80. The minimum Gasteiger partial charge on any atom is -0.323 e. The summed E-state index contributed by atoms with van der Waals surface area (Å²) in [6, 6.07) is 10.3. The molecule has 7 nitrogen and oxygen atoms in total. The van der Waals surface area contributed by atoms with Crippen molar-refractivity contribution in [3.8, 4) is 0 Å². The smallest absolute Gasteiger partial charge is 0.323 e. The number of nitrogens with one attached hydrogen (secondary N) is 1. The van der Waals surface area contributed by atoms with E-state index in [1.54, 1.807) is 6.07 Å². The first-order chi connectivity index (χ1) is 11.3. The highest BCUT2D eigenvalue weighted by Gasteiger charge is 2.11. The molecular weight excluding hydrogens is 339 g/mol. The van der Waals surface area contributed by atoms with Gasteiger partial charge in [0.15, 0.2) is 0 Å². The van der Waals surface area contributed by atoms with Gasteiger partial charge in [-0.25, -0.2) is 0 Å². The van der Waals surface area contributed by atoms with Gasteiger partial charge < -0.3 is 5.32 Å². The summed E-state index contributed by atoms with van der Waals surface area (Å²) in [5.41, 5.74) is 0.648. The van der Waals surface area contributed by atoms with E-state index in [9.17, 15) is 27.2 Å². The fraction of sp³-hybridized carbons (Fsp3) is 0. The summed E-state index contributed by atoms with van der Waals surface area (Å²) in [4.78, 5) is 21.4. The Balaban J connectivity index is 2.05. The molecule has 0 spiro atoms. The number of carbonyl (C=O) groups is 1. The lowest BCUT2D eigenvalue weighted by atomic mass is 10.2. The van der Waals surface area contributed by atoms with E-state index in [0.29, 0.717) is 5.56 Å². The van der Waals surface area contributed by atoms with Crippen molar-refractivity contribution in [3.05, 3.63) is 70.3 Å². The number of carbonyl (C=O) groups excluding carboxylic acids is 1. The molecule has 0 aliphatic heterocycles. The number of amides is 1. The Morgan fingerprint density at radius 3 is 2.42 bits per heavy atom. The summed E-state index contributed by atoms with van der Waals surface area (Å²) < 4.78 is 34.1. The molecule has 24 heavy (non-hydrogen) atoms. The Labute approximate surface area is 136 Å². The largest absolute Gasteiger partial charge is 0.332 e. The van der Waals surface area contributed by atoms with Crippen LogP contribution in [0.5, 0.6) is 0 Å². The van der Waals surface area contributed by atoms with Crippen LogP contribution in [-0.2, 0) is 15.0 Å². The lowest BCUT2D eigenvalue weighted by molar-refractivity contribution is -0.384. The van der Waals surface area contributed by atoms with Crippen molar-refractivity contribution in [2.75, 3.05) is 5.32 Å². The Bertz CT molecular complexity index is 908. The van der Waals surface area contributed by atoms with E-state index in [-0.39, 0.29) is 11.4 Å². The third-order valence-corrected chi connectivity index (χ3v) is 3.75. The summed E-state index contributed by atoms with van der Waals surface area (Å²) in [5, 5.41) is 13.1. The summed E-state index contributed by atoms with van der Waals surface area (Å²) >= 11 is 0. The van der Waals surface area contributed by atoms with Crippen LogP contribution in [0.2, 0.25) is 0 Å². The zero-order chi connectivity index (χ0) is 17.7. The molecule has 0 saturated carbocycles. The van der Waals surface area contributed by atoms with Gasteiger partial charge in [-0.3, -0.25) is 14.9 Å². The number of anilines is 1. The molecule has 0 bridgehead atoms. The van der Waals surface area contributed by atoms with Gasteiger partial charge in [-0.1, -0.05) is 12.1 Å². The lowest BCUT2D eigenvalue weighted by Crippen LogP contribution is -2.07. The molecule has 1 amide bonds. The molecule has 9 heteroatoms. The number of rotatable bonds is 5. The number of non-ortho nitro benzene ring substituents is 1. The van der Waals surface area contributed by atoms with Gasteiger partial charge in [0, 0.05) is 23.9 Å². The molecule has 0 aliphatic carbocycles. The molecule has 0 heterocycles. The van der Waals surface area contributed by atoms with Gasteiger partial charge in [0.25, 0.3) is 5.69 Å². The Morgan fingerprint density at radius 1 is 1.17 bits per heavy atom. The maximum absolute atomic E-state index is 12.7. The summed E-state index contributed by atoms with van der Waals surface area (Å²) in [6.45, 7) is 0. The minimum atomic E-state index is -4.79. The summed E-state index contributed by atoms with van der Waals surface area (Å²) in [7, 11) is -4.79. The second-order valence-electron chi connectivity index (χ2n) is 4.64. The van der Waals surface area contributed by atoms with Crippen LogP contribution in [0.25, 0.3) is 6.08 Å². The number of hydrogen-bond acceptors (Lipinski definition) is 5.